The van der Waals surface area contributed by atoms with Gasteiger partial charge in [-0.2, -0.15) is 0 Å². The van der Waals surface area contributed by atoms with Crippen LogP contribution in [-0.2, 0) is 11.3 Å². The maximum atomic E-state index is 12.2. The minimum Gasteiger partial charge on any atom is -0.489 e. The molecule has 0 aliphatic rings. The largest absolute Gasteiger partial charge is 0.489 e. The molecular weight excluding hydrogens is 374 g/mol. The van der Waals surface area contributed by atoms with Gasteiger partial charge in [-0.25, -0.2) is 4.79 Å². The van der Waals surface area contributed by atoms with E-state index in [1.54, 1.807) is 24.3 Å². The Hall–Kier alpha value is -4.00. The first-order chi connectivity index (χ1) is 14.0. The maximum Gasteiger partial charge on any atom is 0.338 e. The number of non-ortho nitro benzene ring substituents is 1. The minimum absolute atomic E-state index is 0.132. The predicted molar refractivity (Wildman–Crippen MR) is 105 cm³/mol. The number of carbonyl (C=O) groups excluding carboxylic acids is 2. The smallest absolute Gasteiger partial charge is 0.338 e. The van der Waals surface area contributed by atoms with Gasteiger partial charge in [0.05, 0.1) is 10.5 Å². The summed E-state index contributed by atoms with van der Waals surface area (Å²) in [7, 11) is 0. The van der Waals surface area contributed by atoms with Crippen molar-refractivity contribution in [2.75, 3.05) is 6.61 Å². The molecule has 0 radical (unpaired) electrons. The van der Waals surface area contributed by atoms with Crippen molar-refractivity contribution in [2.24, 2.45) is 0 Å². The lowest BCUT2D eigenvalue weighted by molar-refractivity contribution is -0.384. The summed E-state index contributed by atoms with van der Waals surface area (Å²) < 4.78 is 10.7. The summed E-state index contributed by atoms with van der Waals surface area (Å²) >= 11 is 0. The first-order valence-electron chi connectivity index (χ1n) is 8.74. The van der Waals surface area contributed by atoms with E-state index < -0.39 is 17.5 Å². The molecule has 146 valence electrons. The highest BCUT2D eigenvalue weighted by atomic mass is 16.6. The highest BCUT2D eigenvalue weighted by Gasteiger charge is 2.13. The minimum atomic E-state index is -0.726. The number of benzene rings is 3. The van der Waals surface area contributed by atoms with Crippen LogP contribution >= 0.6 is 0 Å². The SMILES string of the molecule is O=C(COC(=O)c1ccc([N+](=O)[O-])cc1)c1ccc(OCc2ccccc2)cc1. The Labute approximate surface area is 166 Å². The molecule has 0 heterocycles. The van der Waals surface area contributed by atoms with E-state index >= 15 is 0 Å². The summed E-state index contributed by atoms with van der Waals surface area (Å²) in [6, 6.07) is 21.2. The quantitative estimate of drug-likeness (QED) is 0.247. The second-order valence-corrected chi connectivity index (χ2v) is 6.10. The zero-order valence-corrected chi connectivity index (χ0v) is 15.3. The van der Waals surface area contributed by atoms with Crippen LogP contribution in [0, 0.1) is 10.1 Å². The number of nitro benzene ring substituents is 1. The van der Waals surface area contributed by atoms with Crippen molar-refractivity contribution in [3.05, 3.63) is 106 Å². The molecule has 0 aromatic heterocycles. The number of Topliss-reactive ketones (excluding diaryl/α,β-unsaturated/α-hetero) is 1. The summed E-state index contributed by atoms with van der Waals surface area (Å²) in [5.74, 6) is -0.473. The molecule has 0 unspecified atom stereocenters. The fourth-order valence-electron chi connectivity index (χ4n) is 2.49. The van der Waals surface area contributed by atoms with Gasteiger partial charge in [0.25, 0.3) is 5.69 Å². The summed E-state index contributed by atoms with van der Waals surface area (Å²) in [6.45, 7) is -0.0129. The number of hydrogen-bond donors (Lipinski definition) is 0. The fourth-order valence-corrected chi connectivity index (χ4v) is 2.49. The summed E-state index contributed by atoms with van der Waals surface area (Å²) in [5.41, 5.74) is 1.42. The van der Waals surface area contributed by atoms with Gasteiger partial charge in [-0.05, 0) is 42.0 Å². The van der Waals surface area contributed by atoms with Gasteiger partial charge < -0.3 is 9.47 Å². The number of nitrogens with zero attached hydrogens (tertiary/aromatic N) is 1. The highest BCUT2D eigenvalue weighted by molar-refractivity contribution is 5.99. The van der Waals surface area contributed by atoms with Gasteiger partial charge in [-0.3, -0.25) is 14.9 Å². The molecule has 0 amide bonds. The van der Waals surface area contributed by atoms with Crippen LogP contribution in [0.25, 0.3) is 0 Å². The molecule has 0 fully saturated rings. The van der Waals surface area contributed by atoms with Crippen LogP contribution in [0.4, 0.5) is 5.69 Å². The molecule has 7 heteroatoms. The van der Waals surface area contributed by atoms with Gasteiger partial charge >= 0.3 is 5.97 Å². The number of carbonyl (C=O) groups is 2. The van der Waals surface area contributed by atoms with E-state index in [9.17, 15) is 19.7 Å². The van der Waals surface area contributed by atoms with Crippen molar-refractivity contribution in [1.29, 1.82) is 0 Å². The summed E-state index contributed by atoms with van der Waals surface area (Å²) in [5, 5.41) is 10.6. The van der Waals surface area contributed by atoms with Crippen LogP contribution in [-0.4, -0.2) is 23.3 Å². The van der Waals surface area contributed by atoms with Crippen LogP contribution < -0.4 is 4.74 Å². The van der Waals surface area contributed by atoms with Crippen LogP contribution in [0.15, 0.2) is 78.9 Å². The Morgan fingerprint density at radius 3 is 2.07 bits per heavy atom. The van der Waals surface area contributed by atoms with E-state index in [-0.39, 0.29) is 17.0 Å². The molecule has 0 N–H and O–H groups in total. The zero-order valence-electron chi connectivity index (χ0n) is 15.3. The van der Waals surface area contributed by atoms with E-state index in [1.807, 2.05) is 30.3 Å². The van der Waals surface area contributed by atoms with Crippen LogP contribution in [0.2, 0.25) is 0 Å². The molecule has 3 rings (SSSR count). The topological polar surface area (TPSA) is 95.7 Å². The van der Waals surface area contributed by atoms with Crippen LogP contribution in [0.1, 0.15) is 26.3 Å². The lowest BCUT2D eigenvalue weighted by Gasteiger charge is -2.08. The van der Waals surface area contributed by atoms with Crippen LogP contribution in [0.5, 0.6) is 5.75 Å². The van der Waals surface area contributed by atoms with E-state index in [2.05, 4.69) is 0 Å². The fraction of sp³-hybridized carbons (Fsp3) is 0.0909. The Morgan fingerprint density at radius 2 is 1.45 bits per heavy atom. The number of esters is 1. The van der Waals surface area contributed by atoms with Crippen molar-refractivity contribution in [2.45, 2.75) is 6.61 Å². The lowest BCUT2D eigenvalue weighted by Crippen LogP contribution is -2.14. The average Bonchev–Trinajstić information content (AvgIpc) is 2.77. The Bertz CT molecular complexity index is 998. The molecule has 0 bridgehead atoms. The Balaban J connectivity index is 1.51. The van der Waals surface area contributed by atoms with Gasteiger partial charge in [0, 0.05) is 17.7 Å². The molecule has 3 aromatic rings. The number of ketones is 1. The predicted octanol–water partition coefficient (Wildman–Crippen LogP) is 4.21. The van der Waals surface area contributed by atoms with Gasteiger partial charge in [-0.1, -0.05) is 30.3 Å². The van der Waals surface area contributed by atoms with Crippen molar-refractivity contribution in [3.63, 3.8) is 0 Å². The molecule has 0 aliphatic heterocycles. The second kappa shape index (κ2) is 9.27. The second-order valence-electron chi connectivity index (χ2n) is 6.10. The van der Waals surface area contributed by atoms with Crippen molar-refractivity contribution in [1.82, 2.24) is 0 Å². The normalized spacial score (nSPS) is 10.2. The standard InChI is InChI=1S/C22H17NO6/c24-21(15-29-22(25)18-6-10-19(11-7-18)23(26)27)17-8-12-20(13-9-17)28-14-16-4-2-1-3-5-16/h1-13H,14-15H2. The number of ether oxygens (including phenoxy) is 2. The van der Waals surface area contributed by atoms with Gasteiger partial charge in [0.2, 0.25) is 0 Å². The molecule has 0 spiro atoms. The monoisotopic (exact) mass is 391 g/mol. The van der Waals surface area contributed by atoms with Gasteiger partial charge in [-0.15, -0.1) is 0 Å². The van der Waals surface area contributed by atoms with Crippen LogP contribution in [0.3, 0.4) is 0 Å². The van der Waals surface area contributed by atoms with E-state index in [1.165, 1.54) is 24.3 Å². The van der Waals surface area contributed by atoms with E-state index in [0.717, 1.165) is 5.56 Å². The molecule has 0 atom stereocenters. The average molecular weight is 391 g/mol. The Kier molecular flexibility index (Phi) is 6.32. The third-order valence-corrected chi connectivity index (χ3v) is 4.07. The lowest BCUT2D eigenvalue weighted by atomic mass is 10.1. The molecule has 0 saturated carbocycles. The number of nitro groups is 1. The zero-order chi connectivity index (χ0) is 20.6. The first-order valence-corrected chi connectivity index (χ1v) is 8.74. The van der Waals surface area contributed by atoms with Crippen molar-refractivity contribution >= 4 is 17.4 Å². The first kappa shape index (κ1) is 19.8. The molecule has 3 aromatic carbocycles. The molecule has 0 aliphatic carbocycles. The number of rotatable bonds is 8. The third-order valence-electron chi connectivity index (χ3n) is 4.07. The summed E-state index contributed by atoms with van der Waals surface area (Å²) in [6.07, 6.45) is 0. The maximum absolute atomic E-state index is 12.2. The highest BCUT2D eigenvalue weighted by Crippen LogP contribution is 2.16. The van der Waals surface area contributed by atoms with Crippen molar-refractivity contribution in [3.8, 4) is 5.75 Å². The Morgan fingerprint density at radius 1 is 0.828 bits per heavy atom. The van der Waals surface area contributed by atoms with Gasteiger partial charge in [0.1, 0.15) is 12.4 Å². The molecule has 29 heavy (non-hydrogen) atoms. The van der Waals surface area contributed by atoms with E-state index in [0.29, 0.717) is 17.9 Å². The molecule has 0 saturated heterocycles. The third kappa shape index (κ3) is 5.49. The molecular formula is C22H17NO6. The van der Waals surface area contributed by atoms with E-state index in [4.69, 9.17) is 9.47 Å². The molecule has 7 nitrogen and oxygen atoms in total. The number of hydrogen-bond acceptors (Lipinski definition) is 6. The summed E-state index contributed by atoms with van der Waals surface area (Å²) in [4.78, 5) is 34.2. The van der Waals surface area contributed by atoms with Crippen molar-refractivity contribution < 1.29 is 24.0 Å². The van der Waals surface area contributed by atoms with Gasteiger partial charge in [0.15, 0.2) is 12.4 Å².